The maximum Gasteiger partial charge on any atom is 0.261 e. The Kier molecular flexibility index (Phi) is 5.48. The average Bonchev–Trinajstić information content (AvgIpc) is 3.16. The minimum atomic E-state index is 0.0263. The van der Waals surface area contributed by atoms with Crippen LogP contribution in [-0.4, -0.2) is 27.9 Å². The van der Waals surface area contributed by atoms with Gasteiger partial charge in [0.1, 0.15) is 5.65 Å². The number of hydrogen-bond acceptors (Lipinski definition) is 3. The van der Waals surface area contributed by atoms with Gasteiger partial charge in [0.15, 0.2) is 0 Å². The summed E-state index contributed by atoms with van der Waals surface area (Å²) in [7, 11) is 1.69. The van der Waals surface area contributed by atoms with Crippen molar-refractivity contribution in [2.45, 2.75) is 47.1 Å². The molecule has 0 amide bonds. The first kappa shape index (κ1) is 20.4. The number of methoxy groups -OCH3 is 1. The first-order valence-electron chi connectivity index (χ1n) is 10.6. The van der Waals surface area contributed by atoms with Gasteiger partial charge in [-0.05, 0) is 67.1 Å². The van der Waals surface area contributed by atoms with Crippen LogP contribution in [0.1, 0.15) is 36.2 Å². The van der Waals surface area contributed by atoms with Gasteiger partial charge >= 0.3 is 0 Å². The van der Waals surface area contributed by atoms with Gasteiger partial charge in [-0.1, -0.05) is 25.1 Å². The molecule has 2 aromatic heterocycles. The standard InChI is InChI=1S/C25H29N3O2/c1-6-21-16(3)12-19(13-17(21)4)18-8-9-22-23(14-18)28-24(27(7-2)25(22)29)15-20(26-28)10-11-30-5/h8-9,12-15H,6-7,10-11H2,1-5H3. The van der Waals surface area contributed by atoms with E-state index >= 15 is 0 Å². The Morgan fingerprint density at radius 2 is 1.73 bits per heavy atom. The lowest BCUT2D eigenvalue weighted by Gasteiger charge is -2.13. The first-order valence-corrected chi connectivity index (χ1v) is 10.6. The molecule has 5 heteroatoms. The highest BCUT2D eigenvalue weighted by atomic mass is 16.5. The van der Waals surface area contributed by atoms with Gasteiger partial charge in [0.2, 0.25) is 0 Å². The average molecular weight is 404 g/mol. The van der Waals surface area contributed by atoms with Crippen molar-refractivity contribution in [3.63, 3.8) is 0 Å². The zero-order valence-corrected chi connectivity index (χ0v) is 18.5. The topological polar surface area (TPSA) is 48.5 Å². The molecule has 30 heavy (non-hydrogen) atoms. The van der Waals surface area contributed by atoms with Crippen molar-refractivity contribution in [2.75, 3.05) is 13.7 Å². The van der Waals surface area contributed by atoms with E-state index in [1.807, 2.05) is 29.6 Å². The lowest BCUT2D eigenvalue weighted by Crippen LogP contribution is -2.22. The highest BCUT2D eigenvalue weighted by molar-refractivity contribution is 5.86. The molecule has 0 atom stereocenters. The third kappa shape index (κ3) is 3.33. The second kappa shape index (κ2) is 8.07. The summed E-state index contributed by atoms with van der Waals surface area (Å²) in [5, 5.41) is 5.49. The Bertz CT molecular complexity index is 1270. The second-order valence-corrected chi connectivity index (χ2v) is 7.87. The zero-order valence-electron chi connectivity index (χ0n) is 18.5. The lowest BCUT2D eigenvalue weighted by molar-refractivity contribution is 0.201. The Morgan fingerprint density at radius 1 is 1.00 bits per heavy atom. The van der Waals surface area contributed by atoms with Crippen LogP contribution in [0.2, 0.25) is 0 Å². The van der Waals surface area contributed by atoms with E-state index < -0.39 is 0 Å². The van der Waals surface area contributed by atoms with Crippen LogP contribution in [-0.2, 0) is 24.1 Å². The first-order chi connectivity index (χ1) is 14.5. The van der Waals surface area contributed by atoms with Gasteiger partial charge in [0, 0.05) is 26.1 Å². The van der Waals surface area contributed by atoms with Crippen LogP contribution in [0, 0.1) is 13.8 Å². The SMILES string of the molecule is CCc1c(C)cc(-c2ccc3c(=O)n(CC)c4cc(CCOC)nn4c3c2)cc1C. The zero-order chi connectivity index (χ0) is 21.4. The fourth-order valence-corrected chi connectivity index (χ4v) is 4.46. The molecule has 0 saturated carbocycles. The summed E-state index contributed by atoms with van der Waals surface area (Å²) < 4.78 is 8.91. The molecule has 2 heterocycles. The molecule has 0 spiro atoms. The molecular formula is C25H29N3O2. The van der Waals surface area contributed by atoms with Crippen molar-refractivity contribution in [1.82, 2.24) is 14.2 Å². The molecule has 156 valence electrons. The van der Waals surface area contributed by atoms with Crippen molar-refractivity contribution >= 4 is 16.6 Å². The summed E-state index contributed by atoms with van der Waals surface area (Å²) in [6.07, 6.45) is 1.75. The summed E-state index contributed by atoms with van der Waals surface area (Å²) in [5.41, 5.74) is 8.91. The van der Waals surface area contributed by atoms with Gasteiger partial charge in [0.05, 0.1) is 23.2 Å². The van der Waals surface area contributed by atoms with Gasteiger partial charge < -0.3 is 4.74 Å². The number of fused-ring (bicyclic) bond motifs is 3. The van der Waals surface area contributed by atoms with Crippen LogP contribution in [0.15, 0.2) is 41.2 Å². The second-order valence-electron chi connectivity index (χ2n) is 7.87. The van der Waals surface area contributed by atoms with E-state index in [0.717, 1.165) is 28.8 Å². The van der Waals surface area contributed by atoms with Gasteiger partial charge in [-0.2, -0.15) is 5.10 Å². The predicted molar refractivity (Wildman–Crippen MR) is 123 cm³/mol. The lowest BCUT2D eigenvalue weighted by atomic mass is 9.94. The van der Waals surface area contributed by atoms with Gasteiger partial charge in [-0.25, -0.2) is 4.52 Å². The molecule has 0 aliphatic carbocycles. The highest BCUT2D eigenvalue weighted by Gasteiger charge is 2.14. The van der Waals surface area contributed by atoms with Gasteiger partial charge in [0.25, 0.3) is 5.56 Å². The summed E-state index contributed by atoms with van der Waals surface area (Å²) in [4.78, 5) is 13.1. The predicted octanol–water partition coefficient (Wildman–Crippen LogP) is 4.70. The molecule has 0 aliphatic rings. The summed E-state index contributed by atoms with van der Waals surface area (Å²) in [6.45, 7) is 9.73. The van der Waals surface area contributed by atoms with Gasteiger partial charge in [-0.15, -0.1) is 0 Å². The quantitative estimate of drug-likeness (QED) is 0.469. The van der Waals surface area contributed by atoms with Crippen molar-refractivity contribution in [1.29, 1.82) is 0 Å². The molecule has 0 fully saturated rings. The number of nitrogens with zero attached hydrogens (tertiary/aromatic N) is 3. The van der Waals surface area contributed by atoms with E-state index in [1.165, 1.54) is 22.3 Å². The van der Waals surface area contributed by atoms with Crippen LogP contribution < -0.4 is 5.56 Å². The number of benzene rings is 2. The Labute approximate surface area is 176 Å². The van der Waals surface area contributed by atoms with E-state index in [-0.39, 0.29) is 5.56 Å². The molecule has 0 unspecified atom stereocenters. The van der Waals surface area contributed by atoms with Gasteiger partial charge in [-0.3, -0.25) is 9.36 Å². The van der Waals surface area contributed by atoms with E-state index in [4.69, 9.17) is 9.84 Å². The maximum absolute atomic E-state index is 13.1. The third-order valence-electron chi connectivity index (χ3n) is 5.98. The van der Waals surface area contributed by atoms with Crippen LogP contribution >= 0.6 is 0 Å². The van der Waals surface area contributed by atoms with Crippen LogP contribution in [0.5, 0.6) is 0 Å². The smallest absolute Gasteiger partial charge is 0.261 e. The molecule has 0 aliphatic heterocycles. The molecular weight excluding hydrogens is 374 g/mol. The van der Waals surface area contributed by atoms with Crippen LogP contribution in [0.25, 0.3) is 27.7 Å². The minimum absolute atomic E-state index is 0.0263. The Hall–Kier alpha value is -2.92. The number of hydrogen-bond donors (Lipinski definition) is 0. The molecule has 2 aromatic carbocycles. The van der Waals surface area contributed by atoms with E-state index in [0.29, 0.717) is 25.0 Å². The van der Waals surface area contributed by atoms with Crippen molar-refractivity contribution in [3.05, 3.63) is 69.1 Å². The molecule has 4 aromatic rings. The maximum atomic E-state index is 13.1. The van der Waals surface area contributed by atoms with Crippen LogP contribution in [0.3, 0.4) is 0 Å². The normalized spacial score (nSPS) is 11.6. The monoisotopic (exact) mass is 403 g/mol. The fraction of sp³-hybridized carbons (Fsp3) is 0.360. The largest absolute Gasteiger partial charge is 0.384 e. The Balaban J connectivity index is 1.97. The Morgan fingerprint density at radius 3 is 2.37 bits per heavy atom. The van der Waals surface area contributed by atoms with E-state index in [1.54, 1.807) is 11.7 Å². The number of aryl methyl sites for hydroxylation is 3. The summed E-state index contributed by atoms with van der Waals surface area (Å²) >= 11 is 0. The van der Waals surface area contributed by atoms with Crippen molar-refractivity contribution < 1.29 is 4.74 Å². The van der Waals surface area contributed by atoms with Crippen molar-refractivity contribution in [3.8, 4) is 11.1 Å². The molecule has 0 N–H and O–H groups in total. The number of aromatic nitrogens is 3. The minimum Gasteiger partial charge on any atom is -0.384 e. The molecule has 4 rings (SSSR count). The highest BCUT2D eigenvalue weighted by Crippen LogP contribution is 2.28. The van der Waals surface area contributed by atoms with E-state index in [2.05, 4.69) is 39.0 Å². The van der Waals surface area contributed by atoms with Crippen LogP contribution in [0.4, 0.5) is 0 Å². The molecule has 0 bridgehead atoms. The summed E-state index contributed by atoms with van der Waals surface area (Å²) in [6, 6.07) is 12.6. The number of ether oxygens (including phenoxy) is 1. The third-order valence-corrected chi connectivity index (χ3v) is 5.98. The van der Waals surface area contributed by atoms with E-state index in [9.17, 15) is 4.79 Å². The fourth-order valence-electron chi connectivity index (χ4n) is 4.46. The summed E-state index contributed by atoms with van der Waals surface area (Å²) in [5.74, 6) is 0. The molecule has 0 radical (unpaired) electrons. The van der Waals surface area contributed by atoms with Crippen molar-refractivity contribution in [2.24, 2.45) is 0 Å². The molecule has 5 nitrogen and oxygen atoms in total. The number of rotatable bonds is 6. The molecule has 0 saturated heterocycles.